The highest BCUT2D eigenvalue weighted by Gasteiger charge is 2.58. The molecule has 2 fully saturated rings. The Labute approximate surface area is 147 Å². The quantitative estimate of drug-likeness (QED) is 0.216. The summed E-state index contributed by atoms with van der Waals surface area (Å²) >= 11 is 0. The van der Waals surface area contributed by atoms with Gasteiger partial charge in [0.2, 0.25) is 5.79 Å². The van der Waals surface area contributed by atoms with Gasteiger partial charge in [-0.25, -0.2) is 0 Å². The van der Waals surface area contributed by atoms with Crippen LogP contribution in [0.25, 0.3) is 0 Å². The Morgan fingerprint density at radius 1 is 1.08 bits per heavy atom. The van der Waals surface area contributed by atoms with Crippen LogP contribution in [0.1, 0.15) is 6.92 Å². The van der Waals surface area contributed by atoms with Crippen LogP contribution in [-0.2, 0) is 19.0 Å². The minimum Gasteiger partial charge on any atom is -0.394 e. The standard InChI is InChI=1S/C14H24O12/c1-4(17)6(18)11-9(21)8(20)10(22)13(24-11)26-14(3-16)12(23)7(19)5(2-15)25-14/h5-13,15-16,18-23H,2-3H2,1H3/t5-,6?,7-,8+,9+,10-,11-,12+,13-,14?/m1/s1. The molecule has 0 aromatic carbocycles. The van der Waals surface area contributed by atoms with Crippen molar-refractivity contribution in [2.75, 3.05) is 13.2 Å². The van der Waals surface area contributed by atoms with E-state index in [1.165, 1.54) is 0 Å². The molecule has 12 nitrogen and oxygen atoms in total. The first-order valence-electron chi connectivity index (χ1n) is 7.91. The summed E-state index contributed by atoms with van der Waals surface area (Å²) in [6.07, 6.45) is -15.9. The minimum atomic E-state index is -2.33. The third kappa shape index (κ3) is 3.63. The average Bonchev–Trinajstić information content (AvgIpc) is 2.86. The number of carbonyl (C=O) groups is 1. The van der Waals surface area contributed by atoms with Crippen LogP contribution in [0.5, 0.6) is 0 Å². The number of hydrogen-bond donors (Lipinski definition) is 8. The van der Waals surface area contributed by atoms with Crippen LogP contribution in [0.3, 0.4) is 0 Å². The molecule has 0 aromatic heterocycles. The van der Waals surface area contributed by atoms with E-state index in [0.717, 1.165) is 6.92 Å². The highest BCUT2D eigenvalue weighted by molar-refractivity contribution is 5.80. The maximum Gasteiger partial charge on any atom is 0.224 e. The monoisotopic (exact) mass is 384 g/mol. The fraction of sp³-hybridized carbons (Fsp3) is 0.929. The van der Waals surface area contributed by atoms with Gasteiger partial charge in [0.25, 0.3) is 0 Å². The highest BCUT2D eigenvalue weighted by atomic mass is 16.8. The van der Waals surface area contributed by atoms with E-state index >= 15 is 0 Å². The van der Waals surface area contributed by atoms with Gasteiger partial charge in [-0.15, -0.1) is 0 Å². The molecule has 2 unspecified atom stereocenters. The van der Waals surface area contributed by atoms with Crippen molar-refractivity contribution in [2.45, 2.75) is 67.8 Å². The first-order chi connectivity index (χ1) is 12.1. The number of aliphatic hydroxyl groups is 8. The third-order valence-corrected chi connectivity index (χ3v) is 4.56. The smallest absolute Gasteiger partial charge is 0.224 e. The number of ketones is 1. The maximum atomic E-state index is 11.3. The van der Waals surface area contributed by atoms with Crippen LogP contribution in [-0.4, -0.2) is 121 Å². The molecule has 2 aliphatic heterocycles. The SMILES string of the molecule is CC(=O)C(O)[C@H]1O[C@H](OC2(CO)O[C@H](CO)[C@@H](O)[C@@H]2O)[C@H](O)[C@@H](O)[C@@H]1O. The predicted octanol–water partition coefficient (Wildman–Crippen LogP) is -5.44. The van der Waals surface area contributed by atoms with Crippen molar-refractivity contribution in [3.63, 3.8) is 0 Å². The molecule has 2 rings (SSSR count). The molecule has 8 N–H and O–H groups in total. The van der Waals surface area contributed by atoms with Crippen LogP contribution >= 0.6 is 0 Å². The molecule has 0 aromatic rings. The van der Waals surface area contributed by atoms with Crippen molar-refractivity contribution in [1.29, 1.82) is 0 Å². The molecule has 2 saturated heterocycles. The topological polar surface area (TPSA) is 207 Å². The van der Waals surface area contributed by atoms with Gasteiger partial charge in [0.05, 0.1) is 6.61 Å². The van der Waals surface area contributed by atoms with Gasteiger partial charge in [-0.1, -0.05) is 0 Å². The first kappa shape index (κ1) is 21.5. The van der Waals surface area contributed by atoms with E-state index in [9.17, 15) is 40.5 Å². The molecule has 0 radical (unpaired) electrons. The summed E-state index contributed by atoms with van der Waals surface area (Å²) < 4.78 is 15.5. The number of rotatable bonds is 6. The molecule has 2 aliphatic rings. The van der Waals surface area contributed by atoms with E-state index in [2.05, 4.69) is 0 Å². The van der Waals surface area contributed by atoms with Crippen molar-refractivity contribution in [1.82, 2.24) is 0 Å². The second kappa shape index (κ2) is 8.08. The van der Waals surface area contributed by atoms with Crippen LogP contribution in [0.2, 0.25) is 0 Å². The Bertz CT molecular complexity index is 502. The number of hydrogen-bond acceptors (Lipinski definition) is 12. The maximum absolute atomic E-state index is 11.3. The zero-order chi connectivity index (χ0) is 19.8. The molecule has 12 heteroatoms. The second-order valence-electron chi connectivity index (χ2n) is 6.36. The Balaban J connectivity index is 2.24. The predicted molar refractivity (Wildman–Crippen MR) is 78.2 cm³/mol. The zero-order valence-electron chi connectivity index (χ0n) is 13.8. The molecular weight excluding hydrogens is 360 g/mol. The molecule has 10 atom stereocenters. The molecule has 0 aliphatic carbocycles. The van der Waals surface area contributed by atoms with Gasteiger partial charge in [-0.2, -0.15) is 0 Å². The van der Waals surface area contributed by atoms with Crippen LogP contribution in [0.15, 0.2) is 0 Å². The van der Waals surface area contributed by atoms with Crippen molar-refractivity contribution in [2.24, 2.45) is 0 Å². The van der Waals surface area contributed by atoms with Crippen LogP contribution in [0.4, 0.5) is 0 Å². The third-order valence-electron chi connectivity index (χ3n) is 4.56. The van der Waals surface area contributed by atoms with Crippen molar-refractivity contribution < 1.29 is 59.9 Å². The van der Waals surface area contributed by atoms with Gasteiger partial charge in [0, 0.05) is 0 Å². The molecule has 2 heterocycles. The first-order valence-corrected chi connectivity index (χ1v) is 7.91. The Morgan fingerprint density at radius 2 is 1.69 bits per heavy atom. The molecule has 0 spiro atoms. The van der Waals surface area contributed by atoms with Gasteiger partial charge in [-0.3, -0.25) is 4.79 Å². The molecular formula is C14H24O12. The minimum absolute atomic E-state index is 0.718. The molecule has 26 heavy (non-hydrogen) atoms. The van der Waals surface area contributed by atoms with E-state index in [1.54, 1.807) is 0 Å². The normalized spacial score (nSPS) is 47.7. The number of carbonyl (C=O) groups excluding carboxylic acids is 1. The summed E-state index contributed by atoms with van der Waals surface area (Å²) in [5.41, 5.74) is 0. The molecule has 0 saturated carbocycles. The lowest BCUT2D eigenvalue weighted by atomic mass is 9.94. The van der Waals surface area contributed by atoms with E-state index in [1.807, 2.05) is 0 Å². The summed E-state index contributed by atoms with van der Waals surface area (Å²) in [6, 6.07) is 0. The van der Waals surface area contributed by atoms with Gasteiger partial charge < -0.3 is 55.1 Å². The summed E-state index contributed by atoms with van der Waals surface area (Å²) in [5.74, 6) is -3.12. The summed E-state index contributed by atoms with van der Waals surface area (Å²) in [5, 5.41) is 78.3. The van der Waals surface area contributed by atoms with E-state index in [-0.39, 0.29) is 0 Å². The van der Waals surface area contributed by atoms with E-state index < -0.39 is 79.9 Å². The Hall–Kier alpha value is -0.770. The summed E-state index contributed by atoms with van der Waals surface area (Å²) in [4.78, 5) is 11.3. The fourth-order valence-corrected chi connectivity index (χ4v) is 2.93. The van der Waals surface area contributed by atoms with Crippen LogP contribution < -0.4 is 0 Å². The van der Waals surface area contributed by atoms with E-state index in [0.29, 0.717) is 0 Å². The lowest BCUT2D eigenvalue weighted by Crippen LogP contribution is -2.64. The van der Waals surface area contributed by atoms with E-state index in [4.69, 9.17) is 19.3 Å². The van der Waals surface area contributed by atoms with Gasteiger partial charge >= 0.3 is 0 Å². The van der Waals surface area contributed by atoms with Gasteiger partial charge in [-0.05, 0) is 6.92 Å². The lowest BCUT2D eigenvalue weighted by molar-refractivity contribution is -0.386. The summed E-state index contributed by atoms with van der Waals surface area (Å²) in [6.45, 7) is -0.743. The summed E-state index contributed by atoms with van der Waals surface area (Å²) in [7, 11) is 0. The Morgan fingerprint density at radius 3 is 2.15 bits per heavy atom. The van der Waals surface area contributed by atoms with Crippen molar-refractivity contribution in [3.05, 3.63) is 0 Å². The highest BCUT2D eigenvalue weighted by Crippen LogP contribution is 2.36. The molecule has 0 bridgehead atoms. The van der Waals surface area contributed by atoms with Crippen molar-refractivity contribution in [3.8, 4) is 0 Å². The zero-order valence-corrected chi connectivity index (χ0v) is 13.8. The molecule has 152 valence electrons. The second-order valence-corrected chi connectivity index (χ2v) is 6.36. The number of ether oxygens (including phenoxy) is 3. The Kier molecular flexibility index (Phi) is 6.69. The fourth-order valence-electron chi connectivity index (χ4n) is 2.93. The molecule has 0 amide bonds. The number of aliphatic hydroxyl groups excluding tert-OH is 8. The largest absolute Gasteiger partial charge is 0.394 e. The van der Waals surface area contributed by atoms with Gasteiger partial charge in [0.1, 0.15) is 55.4 Å². The van der Waals surface area contributed by atoms with Crippen LogP contribution in [0, 0.1) is 0 Å². The van der Waals surface area contributed by atoms with Crippen molar-refractivity contribution >= 4 is 5.78 Å². The van der Waals surface area contributed by atoms with Gasteiger partial charge in [0.15, 0.2) is 12.1 Å². The lowest BCUT2D eigenvalue weighted by Gasteiger charge is -2.44. The average molecular weight is 384 g/mol. The number of Topliss-reactive ketones (excluding diaryl/α,β-unsaturated/α-hetero) is 1.